The van der Waals surface area contributed by atoms with Crippen LogP contribution >= 0.6 is 11.3 Å². The van der Waals surface area contributed by atoms with Crippen LogP contribution in [0.15, 0.2) is 37.2 Å². The van der Waals surface area contributed by atoms with Gasteiger partial charge in [-0.2, -0.15) is 4.98 Å². The molecule has 5 rings (SSSR count). The smallest absolute Gasteiger partial charge is 0.246 e. The van der Waals surface area contributed by atoms with Gasteiger partial charge in [-0.25, -0.2) is 9.37 Å². The van der Waals surface area contributed by atoms with Crippen molar-refractivity contribution in [1.29, 1.82) is 0 Å². The van der Waals surface area contributed by atoms with Crippen molar-refractivity contribution < 1.29 is 13.9 Å². The van der Waals surface area contributed by atoms with Gasteiger partial charge in [-0.1, -0.05) is 19.4 Å². The van der Waals surface area contributed by atoms with Crippen LogP contribution in [0.5, 0.6) is 5.88 Å². The Balaban J connectivity index is 1.47. The highest BCUT2D eigenvalue weighted by molar-refractivity contribution is 7.15. The summed E-state index contributed by atoms with van der Waals surface area (Å²) < 4.78 is 23.1. The van der Waals surface area contributed by atoms with E-state index in [1.807, 2.05) is 25.3 Å². The average Bonchev–Trinajstić information content (AvgIpc) is 3.59. The molecule has 0 aromatic carbocycles. The lowest BCUT2D eigenvalue weighted by molar-refractivity contribution is -0.125. The summed E-state index contributed by atoms with van der Waals surface area (Å²) in [6.45, 7) is 6.60. The van der Waals surface area contributed by atoms with E-state index in [-0.39, 0.29) is 19.0 Å². The van der Waals surface area contributed by atoms with E-state index < -0.39 is 12.3 Å². The van der Waals surface area contributed by atoms with Gasteiger partial charge in [0.25, 0.3) is 0 Å². The highest BCUT2D eigenvalue weighted by Gasteiger charge is 2.37. The summed E-state index contributed by atoms with van der Waals surface area (Å²) in [6.07, 6.45) is 8.07. The molecule has 1 saturated carbocycles. The van der Waals surface area contributed by atoms with Crippen molar-refractivity contribution in [2.24, 2.45) is 5.92 Å². The summed E-state index contributed by atoms with van der Waals surface area (Å²) in [5.41, 5.74) is 0.995. The largest absolute Gasteiger partial charge is 0.469 e. The molecular weight excluding hydrogens is 441 g/mol. The summed E-state index contributed by atoms with van der Waals surface area (Å²) in [5.74, 6) is 1.35. The second kappa shape index (κ2) is 9.13. The number of nitrogens with one attached hydrogen (secondary N) is 1. The molecule has 0 radical (unpaired) electrons. The quantitative estimate of drug-likeness (QED) is 0.501. The molecule has 174 valence electrons. The predicted molar refractivity (Wildman–Crippen MR) is 128 cm³/mol. The highest BCUT2D eigenvalue weighted by atomic mass is 32.1. The molecule has 0 bridgehead atoms. The molecule has 1 N–H and O–H groups in total. The van der Waals surface area contributed by atoms with Crippen LogP contribution in [0.2, 0.25) is 0 Å². The van der Waals surface area contributed by atoms with Crippen molar-refractivity contribution in [3.8, 4) is 5.88 Å². The zero-order valence-corrected chi connectivity index (χ0v) is 19.5. The van der Waals surface area contributed by atoms with E-state index in [0.29, 0.717) is 17.6 Å². The number of aryl methyl sites for hydroxylation is 1. The molecule has 3 aromatic heterocycles. The molecule has 1 amide bonds. The van der Waals surface area contributed by atoms with Gasteiger partial charge in [0.1, 0.15) is 5.82 Å². The Morgan fingerprint density at radius 3 is 2.94 bits per heavy atom. The number of pyridine rings is 1. The summed E-state index contributed by atoms with van der Waals surface area (Å²) in [7, 11) is 0. The molecule has 2 aliphatic rings. The molecule has 2 fully saturated rings. The fourth-order valence-electron chi connectivity index (χ4n) is 4.76. The number of nitrogens with zero attached hydrogens (tertiary/aromatic N) is 4. The van der Waals surface area contributed by atoms with Gasteiger partial charge in [0, 0.05) is 29.9 Å². The van der Waals surface area contributed by atoms with Crippen LogP contribution in [-0.2, 0) is 11.3 Å². The maximum absolute atomic E-state index is 14.7. The first kappa shape index (κ1) is 21.9. The maximum atomic E-state index is 14.7. The average molecular weight is 470 g/mol. The number of carbonyl (C=O) groups excluding carboxylic acids is 1. The topological polar surface area (TPSA) is 72.3 Å². The third-order valence-corrected chi connectivity index (χ3v) is 7.29. The number of amides is 1. The van der Waals surface area contributed by atoms with Gasteiger partial charge in [0.05, 0.1) is 24.0 Å². The van der Waals surface area contributed by atoms with Crippen LogP contribution in [-0.4, -0.2) is 50.7 Å². The fraction of sp³-hybridized carbons (Fsp3) is 0.458. The molecule has 33 heavy (non-hydrogen) atoms. The molecule has 0 spiro atoms. The summed E-state index contributed by atoms with van der Waals surface area (Å²) in [5, 5.41) is 4.86. The molecule has 0 unspecified atom stereocenters. The third-order valence-electron chi connectivity index (χ3n) is 6.47. The number of hydrogen-bond acceptors (Lipinski definition) is 6. The van der Waals surface area contributed by atoms with Crippen LogP contribution in [0.1, 0.15) is 30.6 Å². The van der Waals surface area contributed by atoms with Crippen LogP contribution < -0.4 is 10.1 Å². The van der Waals surface area contributed by atoms with Crippen LogP contribution in [0.4, 0.5) is 15.3 Å². The van der Waals surface area contributed by atoms with Crippen molar-refractivity contribution in [3.05, 3.63) is 42.1 Å². The number of halogens is 1. The van der Waals surface area contributed by atoms with Gasteiger partial charge in [0.15, 0.2) is 17.4 Å². The van der Waals surface area contributed by atoms with E-state index in [9.17, 15) is 9.18 Å². The number of carbonyl (C=O) groups is 1. The predicted octanol–water partition coefficient (Wildman–Crippen LogP) is 4.85. The first-order valence-corrected chi connectivity index (χ1v) is 12.2. The molecule has 2 atom stereocenters. The van der Waals surface area contributed by atoms with E-state index >= 15 is 0 Å². The zero-order chi connectivity index (χ0) is 22.9. The standard InChI is InChI=1S/C24H28FN5O2S/c1-3-22(31)30-13-18(25)20(14-30)32-23-17-8-9-29(12-16-6-4-5-7-16)19(17)10-21(27-23)28-24-26-11-15(2)33-24/h3,8-11,16,18,20H,1,4-7,12-14H2,2H3,(H,26,27,28)/t18-,20-/m1/s1. The van der Waals surface area contributed by atoms with Crippen molar-refractivity contribution >= 4 is 39.1 Å². The summed E-state index contributed by atoms with van der Waals surface area (Å²) >= 11 is 1.54. The van der Waals surface area contributed by atoms with Crippen LogP contribution in [0.25, 0.3) is 10.9 Å². The lowest BCUT2D eigenvalue weighted by Gasteiger charge is -2.17. The molecular formula is C24H28FN5O2S. The minimum absolute atomic E-state index is 0.00229. The first-order chi connectivity index (χ1) is 16.0. The third kappa shape index (κ3) is 4.59. The van der Waals surface area contributed by atoms with E-state index in [0.717, 1.165) is 27.5 Å². The lowest BCUT2D eigenvalue weighted by Crippen LogP contribution is -2.30. The molecule has 7 nitrogen and oxygen atoms in total. The van der Waals surface area contributed by atoms with E-state index in [1.54, 1.807) is 11.3 Å². The monoisotopic (exact) mass is 469 g/mol. The number of thiazole rings is 1. The van der Waals surface area contributed by atoms with Gasteiger partial charge in [-0.3, -0.25) is 4.79 Å². The SMILES string of the molecule is C=CC(=O)N1C[C@@H](F)[C@H](Oc2nc(Nc3ncc(C)s3)cc3c2ccn3CC2CCCC2)C1. The molecule has 3 aromatic rings. The van der Waals surface area contributed by atoms with Gasteiger partial charge in [-0.15, -0.1) is 11.3 Å². The van der Waals surface area contributed by atoms with E-state index in [4.69, 9.17) is 4.74 Å². The minimum atomic E-state index is -1.29. The van der Waals surface area contributed by atoms with Gasteiger partial charge >= 0.3 is 0 Å². The molecule has 1 aliphatic heterocycles. The number of likely N-dealkylation sites (tertiary alicyclic amines) is 1. The van der Waals surface area contributed by atoms with Crippen molar-refractivity contribution in [2.45, 2.75) is 51.4 Å². The number of aromatic nitrogens is 3. The summed E-state index contributed by atoms with van der Waals surface area (Å²) in [4.78, 5) is 23.5. The Morgan fingerprint density at radius 2 is 2.21 bits per heavy atom. The Bertz CT molecular complexity index is 1170. The molecule has 4 heterocycles. The van der Waals surface area contributed by atoms with Gasteiger partial charge in [-0.05, 0) is 37.8 Å². The van der Waals surface area contributed by atoms with E-state index in [2.05, 4.69) is 32.6 Å². The van der Waals surface area contributed by atoms with Crippen molar-refractivity contribution in [2.75, 3.05) is 18.4 Å². The van der Waals surface area contributed by atoms with Crippen LogP contribution in [0, 0.1) is 12.8 Å². The summed E-state index contributed by atoms with van der Waals surface area (Å²) in [6, 6.07) is 3.99. The Labute approximate surface area is 196 Å². The maximum Gasteiger partial charge on any atom is 0.246 e. The number of fused-ring (bicyclic) bond motifs is 1. The Kier molecular flexibility index (Phi) is 6.05. The molecule has 9 heteroatoms. The Morgan fingerprint density at radius 1 is 1.39 bits per heavy atom. The number of anilines is 2. The normalized spacial score (nSPS) is 21.1. The fourth-order valence-corrected chi connectivity index (χ4v) is 5.43. The number of ether oxygens (including phenoxy) is 1. The van der Waals surface area contributed by atoms with Crippen LogP contribution in [0.3, 0.4) is 0 Å². The highest BCUT2D eigenvalue weighted by Crippen LogP contribution is 2.34. The lowest BCUT2D eigenvalue weighted by atomic mass is 10.1. The second-order valence-corrected chi connectivity index (χ2v) is 10.1. The minimum Gasteiger partial charge on any atom is -0.469 e. The van der Waals surface area contributed by atoms with Crippen molar-refractivity contribution in [3.63, 3.8) is 0 Å². The van der Waals surface area contributed by atoms with E-state index in [1.165, 1.54) is 36.7 Å². The molecule has 1 aliphatic carbocycles. The van der Waals surface area contributed by atoms with Gasteiger partial charge in [0.2, 0.25) is 11.8 Å². The second-order valence-electron chi connectivity index (χ2n) is 8.88. The molecule has 1 saturated heterocycles. The number of rotatable bonds is 7. The van der Waals surface area contributed by atoms with Crippen molar-refractivity contribution in [1.82, 2.24) is 19.4 Å². The van der Waals surface area contributed by atoms with Gasteiger partial charge < -0.3 is 19.5 Å². The Hall–Kier alpha value is -2.94. The number of alkyl halides is 1. The number of hydrogen-bond donors (Lipinski definition) is 1. The first-order valence-electron chi connectivity index (χ1n) is 11.4. The zero-order valence-electron chi connectivity index (χ0n) is 18.7.